The summed E-state index contributed by atoms with van der Waals surface area (Å²) in [5, 5.41) is 14.2. The summed E-state index contributed by atoms with van der Waals surface area (Å²) in [6.07, 6.45) is 9.93. The molecule has 0 saturated carbocycles. The number of likely N-dealkylation sites (tertiary alicyclic amines) is 1. The van der Waals surface area contributed by atoms with Crippen molar-refractivity contribution in [1.82, 2.24) is 24.0 Å². The number of pyridine rings is 2. The molecular weight excluding hydrogens is 528 g/mol. The summed E-state index contributed by atoms with van der Waals surface area (Å²) < 4.78 is 9.15. The third-order valence-electron chi connectivity index (χ3n) is 7.97. The van der Waals surface area contributed by atoms with Crippen molar-refractivity contribution in [3.63, 3.8) is 0 Å². The van der Waals surface area contributed by atoms with Crippen LogP contribution in [0.2, 0.25) is 0 Å². The van der Waals surface area contributed by atoms with Crippen LogP contribution < -0.4 is 11.0 Å². The van der Waals surface area contributed by atoms with Gasteiger partial charge in [-0.15, -0.1) is 0 Å². The van der Waals surface area contributed by atoms with E-state index in [2.05, 4.69) is 28.1 Å². The molecule has 1 fully saturated rings. The number of nitrogens with zero attached hydrogens (tertiary/aromatic N) is 5. The largest absolute Gasteiger partial charge is 0.391 e. The molecule has 6 rings (SSSR count). The number of anilines is 1. The Morgan fingerprint density at radius 3 is 2.76 bits per heavy atom. The molecule has 1 atom stereocenters. The van der Waals surface area contributed by atoms with E-state index in [1.54, 1.807) is 22.4 Å². The number of aromatic nitrogens is 4. The maximum Gasteiger partial charge on any atom is 0.333 e. The number of benzene rings is 1. The van der Waals surface area contributed by atoms with Crippen LogP contribution in [0, 0.1) is 0 Å². The Kier molecular flexibility index (Phi) is 7.56. The van der Waals surface area contributed by atoms with Crippen LogP contribution in [0.15, 0.2) is 76.7 Å². The molecule has 216 valence electrons. The van der Waals surface area contributed by atoms with Crippen molar-refractivity contribution < 1.29 is 9.84 Å². The number of aliphatic hydroxyl groups is 1. The predicted octanol–water partition coefficient (Wildman–Crippen LogP) is 4.82. The molecule has 0 bridgehead atoms. The number of hydrogen-bond donors (Lipinski definition) is 2. The monoisotopic (exact) mass is 564 g/mol. The highest BCUT2D eigenvalue weighted by Gasteiger charge is 2.23. The van der Waals surface area contributed by atoms with E-state index in [0.29, 0.717) is 19.8 Å². The number of imidazole rings is 1. The number of ether oxygens (including phenoxy) is 1. The van der Waals surface area contributed by atoms with E-state index >= 15 is 0 Å². The summed E-state index contributed by atoms with van der Waals surface area (Å²) in [6, 6.07) is 8.24. The Bertz CT molecular complexity index is 1870. The number of rotatable bonds is 8. The highest BCUT2D eigenvalue weighted by atomic mass is 16.5. The second-order valence-corrected chi connectivity index (χ2v) is 10.8. The molecule has 0 spiro atoms. The highest BCUT2D eigenvalue weighted by molar-refractivity contribution is 6.05. The molecule has 0 amide bonds. The van der Waals surface area contributed by atoms with Crippen LogP contribution in [0.1, 0.15) is 32.8 Å². The average Bonchev–Trinajstić information content (AvgIpc) is 3.47. The molecule has 0 radical (unpaired) electrons. The summed E-state index contributed by atoms with van der Waals surface area (Å²) >= 11 is 0. The third-order valence-corrected chi connectivity index (χ3v) is 7.97. The summed E-state index contributed by atoms with van der Waals surface area (Å²) in [5.41, 5.74) is 11.1. The minimum atomic E-state index is -0.331. The molecule has 42 heavy (non-hydrogen) atoms. The van der Waals surface area contributed by atoms with Gasteiger partial charge in [0.05, 0.1) is 46.9 Å². The fourth-order valence-corrected chi connectivity index (χ4v) is 5.72. The summed E-state index contributed by atoms with van der Waals surface area (Å²) in [5.74, 6) is 0.823. The van der Waals surface area contributed by atoms with Gasteiger partial charge in [-0.3, -0.25) is 14.1 Å². The topological polar surface area (TPSA) is 97.4 Å². The van der Waals surface area contributed by atoms with E-state index in [1.807, 2.05) is 57.3 Å². The predicted molar refractivity (Wildman–Crippen MR) is 167 cm³/mol. The molecule has 4 aromatic rings. The second-order valence-electron chi connectivity index (χ2n) is 10.8. The van der Waals surface area contributed by atoms with Gasteiger partial charge in [0, 0.05) is 56.0 Å². The highest BCUT2D eigenvalue weighted by Crippen LogP contribution is 2.32. The lowest BCUT2D eigenvalue weighted by molar-refractivity contribution is 0.134. The van der Waals surface area contributed by atoms with Crippen molar-refractivity contribution in [3.8, 4) is 11.1 Å². The zero-order valence-electron chi connectivity index (χ0n) is 24.5. The van der Waals surface area contributed by atoms with Gasteiger partial charge < -0.3 is 20.1 Å². The lowest BCUT2D eigenvalue weighted by atomic mass is 10.0. The molecule has 2 N–H and O–H groups in total. The van der Waals surface area contributed by atoms with Gasteiger partial charge in [0.2, 0.25) is 0 Å². The quantitative estimate of drug-likeness (QED) is 0.296. The standard InChI is InChI=1S/C33H36N6O3/c1-5-34-32-24(20-42-6-2)15-23(17-36-32)22-8-11-28-27(16-22)31-30(18-35-28)37(4)33(41)39(31)29-12-10-25(9-7-21(29)3)38-14-13-26(40)19-38/h7-8,10-12,15-18,26,40H,5-6,13-14,19-20H2,1-4H3,(H,34,36). The number of fused-ring (bicyclic) bond motifs is 3. The Morgan fingerprint density at radius 2 is 2.00 bits per heavy atom. The maximum absolute atomic E-state index is 13.8. The van der Waals surface area contributed by atoms with E-state index in [4.69, 9.17) is 14.7 Å². The van der Waals surface area contributed by atoms with E-state index in [1.165, 1.54) is 0 Å². The third kappa shape index (κ3) is 4.96. The number of hydrogen-bond acceptors (Lipinski definition) is 7. The van der Waals surface area contributed by atoms with Crippen LogP contribution in [0.3, 0.4) is 0 Å². The van der Waals surface area contributed by atoms with Crippen molar-refractivity contribution >= 4 is 33.5 Å². The van der Waals surface area contributed by atoms with Gasteiger partial charge in [0.1, 0.15) is 5.82 Å². The molecule has 1 saturated heterocycles. The summed E-state index contributed by atoms with van der Waals surface area (Å²) in [6.45, 7) is 9.24. The first-order valence-corrected chi connectivity index (χ1v) is 14.5. The average molecular weight is 565 g/mol. The lowest BCUT2D eigenvalue weighted by Crippen LogP contribution is -2.22. The molecule has 1 unspecified atom stereocenters. The zero-order valence-corrected chi connectivity index (χ0v) is 24.5. The van der Waals surface area contributed by atoms with E-state index in [9.17, 15) is 9.90 Å². The van der Waals surface area contributed by atoms with Gasteiger partial charge in [0.15, 0.2) is 0 Å². The van der Waals surface area contributed by atoms with Crippen molar-refractivity contribution in [2.45, 2.75) is 39.9 Å². The Morgan fingerprint density at radius 1 is 1.14 bits per heavy atom. The molecular formula is C33H36N6O3. The fourth-order valence-electron chi connectivity index (χ4n) is 5.72. The summed E-state index contributed by atoms with van der Waals surface area (Å²) in [7, 11) is 1.78. The van der Waals surface area contributed by atoms with Gasteiger partial charge >= 0.3 is 5.69 Å². The van der Waals surface area contributed by atoms with Crippen LogP contribution in [-0.2, 0) is 18.4 Å². The van der Waals surface area contributed by atoms with E-state index in [-0.39, 0.29) is 11.8 Å². The number of allylic oxidation sites excluding steroid dienone is 4. The van der Waals surface area contributed by atoms with Crippen LogP contribution in [0.4, 0.5) is 5.82 Å². The molecule has 2 aliphatic rings. The van der Waals surface area contributed by atoms with Crippen LogP contribution >= 0.6 is 0 Å². The molecule has 1 aliphatic heterocycles. The molecule has 9 nitrogen and oxygen atoms in total. The number of nitrogens with one attached hydrogen (secondary N) is 1. The lowest BCUT2D eigenvalue weighted by Gasteiger charge is -2.16. The fraction of sp³-hybridized carbons (Fsp3) is 0.333. The van der Waals surface area contributed by atoms with Crippen molar-refractivity contribution in [3.05, 3.63) is 87.9 Å². The Labute approximate surface area is 244 Å². The molecule has 3 aromatic heterocycles. The van der Waals surface area contributed by atoms with Crippen LogP contribution in [-0.4, -0.2) is 61.5 Å². The SMILES string of the molecule is CCNc1ncc(-c2ccc3ncc4c(c3c2)n(C2=C(C)C=C=C(N3CCC(O)C3)C=C2)c(=O)n4C)cc1COCC. The van der Waals surface area contributed by atoms with Crippen LogP contribution in [0.5, 0.6) is 0 Å². The Hall–Kier alpha value is -4.43. The first-order chi connectivity index (χ1) is 20.4. The molecule has 4 heterocycles. The second kappa shape index (κ2) is 11.4. The van der Waals surface area contributed by atoms with Gasteiger partial charge in [-0.25, -0.2) is 9.78 Å². The van der Waals surface area contributed by atoms with Gasteiger partial charge in [-0.05, 0) is 74.8 Å². The molecule has 1 aliphatic carbocycles. The van der Waals surface area contributed by atoms with Gasteiger partial charge in [0.25, 0.3) is 0 Å². The molecule has 9 heteroatoms. The maximum atomic E-state index is 13.8. The first-order valence-electron chi connectivity index (χ1n) is 14.5. The van der Waals surface area contributed by atoms with E-state index < -0.39 is 0 Å². The van der Waals surface area contributed by atoms with Crippen molar-refractivity contribution in [2.75, 3.05) is 31.6 Å². The minimum Gasteiger partial charge on any atom is -0.391 e. The van der Waals surface area contributed by atoms with Gasteiger partial charge in [-0.1, -0.05) is 11.8 Å². The summed E-state index contributed by atoms with van der Waals surface area (Å²) in [4.78, 5) is 25.3. The minimum absolute atomic E-state index is 0.146. The number of β-amino-alcohol motifs (C(OH)–C–C–N with tert-alkyl or cyclic N) is 1. The Balaban J connectivity index is 1.49. The molecule has 1 aromatic carbocycles. The first kappa shape index (κ1) is 27.7. The van der Waals surface area contributed by atoms with E-state index in [0.717, 1.165) is 80.9 Å². The van der Waals surface area contributed by atoms with Gasteiger partial charge in [-0.2, -0.15) is 0 Å². The smallest absolute Gasteiger partial charge is 0.333 e. The van der Waals surface area contributed by atoms with Crippen LogP contribution in [0.25, 0.3) is 38.8 Å². The van der Waals surface area contributed by atoms with Crippen molar-refractivity contribution in [2.24, 2.45) is 7.05 Å². The zero-order chi connectivity index (χ0) is 29.4. The normalized spacial score (nSPS) is 17.0. The number of aliphatic hydroxyl groups excluding tert-OH is 1. The van der Waals surface area contributed by atoms with Crippen molar-refractivity contribution in [1.29, 1.82) is 0 Å². The number of aryl methyl sites for hydroxylation is 1.